The Hall–Kier alpha value is -1.19. The van der Waals surface area contributed by atoms with Crippen molar-refractivity contribution in [3.8, 4) is 0 Å². The van der Waals surface area contributed by atoms with Crippen LogP contribution in [0.25, 0.3) is 0 Å². The Labute approximate surface area is 212 Å². The van der Waals surface area contributed by atoms with Crippen molar-refractivity contribution in [3.05, 3.63) is 82.3 Å². The minimum absolute atomic E-state index is 0.0730. The summed E-state index contributed by atoms with van der Waals surface area (Å²) in [6.45, 7) is 21.6. The number of hydrogen-bond donors (Lipinski definition) is 1. The maximum Gasteiger partial charge on any atom is 0.114 e. The molecule has 1 aromatic carbocycles. The van der Waals surface area contributed by atoms with Crippen LogP contribution in [0.2, 0.25) is 0 Å². The van der Waals surface area contributed by atoms with E-state index in [-0.39, 0.29) is 6.04 Å². The first kappa shape index (κ1) is 28.1. The van der Waals surface area contributed by atoms with Gasteiger partial charge in [0.25, 0.3) is 0 Å². The number of methoxy groups -OCH3 is 1. The van der Waals surface area contributed by atoms with E-state index in [2.05, 4.69) is 77.8 Å². The quantitative estimate of drug-likeness (QED) is 0.151. The molecular weight excluding hydrogens is 461 g/mol. The molecule has 2 nitrogen and oxygen atoms in total. The van der Waals surface area contributed by atoms with E-state index in [1.54, 1.807) is 35.9 Å². The molecule has 0 bridgehead atoms. The molecule has 1 aliphatic heterocycles. The van der Waals surface area contributed by atoms with Gasteiger partial charge < -0.3 is 10.5 Å². The Morgan fingerprint density at radius 3 is 2.30 bits per heavy atom. The normalized spacial score (nSPS) is 17.8. The van der Waals surface area contributed by atoms with Gasteiger partial charge in [-0.25, -0.2) is 0 Å². The Balaban J connectivity index is 1.79. The summed E-state index contributed by atoms with van der Waals surface area (Å²) in [6.07, 6.45) is 4.28. The molecule has 1 aliphatic rings. The van der Waals surface area contributed by atoms with Crippen molar-refractivity contribution in [1.29, 1.82) is 0 Å². The molecule has 1 aromatic rings. The molecule has 3 atom stereocenters. The topological polar surface area (TPSA) is 35.2 Å². The van der Waals surface area contributed by atoms with Gasteiger partial charge in [0.05, 0.1) is 7.11 Å². The van der Waals surface area contributed by atoms with Gasteiger partial charge in [0, 0.05) is 35.5 Å². The third-order valence-electron chi connectivity index (χ3n) is 5.82. The Bertz CT molecular complexity index is 901. The molecule has 0 saturated carbocycles. The number of nitrogens with two attached hydrogens (primary N) is 1. The molecule has 0 aromatic heterocycles. The lowest BCUT2D eigenvalue weighted by Gasteiger charge is -2.19. The van der Waals surface area contributed by atoms with Crippen molar-refractivity contribution in [2.45, 2.75) is 58.2 Å². The third-order valence-corrected chi connectivity index (χ3v) is 9.37. The van der Waals surface area contributed by atoms with Crippen LogP contribution < -0.4 is 5.73 Å². The summed E-state index contributed by atoms with van der Waals surface area (Å²) in [7, 11) is 3.14. The van der Waals surface area contributed by atoms with Crippen LogP contribution >= 0.6 is 31.7 Å². The second-order valence-corrected chi connectivity index (χ2v) is 13.0. The standard InChI is InChI=1S/C28H40NOPS2/c1-18(2)15-24-9-11-25(12-10-24)19(3)22(6)33-17-27(29)23(7)32-14-13-26(20(4)30-8)16-28-21(5)31-28/h9-13,18-19,21,27H,4,6-7,14-17,29H2,1-3,5,8H3. The van der Waals surface area contributed by atoms with Crippen LogP contribution in [0.4, 0.5) is 0 Å². The number of benzene rings is 1. The highest BCUT2D eigenvalue weighted by Crippen LogP contribution is 2.36. The van der Waals surface area contributed by atoms with Gasteiger partial charge in [-0.15, -0.1) is 23.5 Å². The second kappa shape index (κ2) is 13.6. The van der Waals surface area contributed by atoms with E-state index < -0.39 is 0 Å². The Kier molecular flexibility index (Phi) is 11.6. The van der Waals surface area contributed by atoms with E-state index >= 15 is 0 Å². The van der Waals surface area contributed by atoms with Crippen LogP contribution in [0.5, 0.6) is 0 Å². The summed E-state index contributed by atoms with van der Waals surface area (Å²) >= 11 is 3.45. The van der Waals surface area contributed by atoms with Gasteiger partial charge in [-0.2, -0.15) is 0 Å². The van der Waals surface area contributed by atoms with Gasteiger partial charge in [0.2, 0.25) is 0 Å². The van der Waals surface area contributed by atoms with E-state index in [1.165, 1.54) is 24.9 Å². The molecule has 2 N–H and O–H groups in total. The summed E-state index contributed by atoms with van der Waals surface area (Å²) in [5, 5.41) is 1.55. The second-order valence-electron chi connectivity index (χ2n) is 9.05. The number of hydrogen-bond acceptors (Lipinski definition) is 4. The smallest absolute Gasteiger partial charge is 0.114 e. The highest BCUT2D eigenvalue weighted by Gasteiger charge is 2.22. The molecule has 33 heavy (non-hydrogen) atoms. The molecule has 180 valence electrons. The van der Waals surface area contributed by atoms with Crippen molar-refractivity contribution < 1.29 is 4.74 Å². The molecule has 0 radical (unpaired) electrons. The molecule has 5 heteroatoms. The van der Waals surface area contributed by atoms with E-state index in [4.69, 9.17) is 10.5 Å². The third kappa shape index (κ3) is 9.53. The summed E-state index contributed by atoms with van der Waals surface area (Å²) in [5.41, 5.74) is 11.0. The van der Waals surface area contributed by atoms with Crippen LogP contribution in [-0.2, 0) is 11.2 Å². The number of ether oxygens (including phenoxy) is 1. The van der Waals surface area contributed by atoms with E-state index in [1.807, 2.05) is 0 Å². The maximum absolute atomic E-state index is 6.43. The Morgan fingerprint density at radius 2 is 1.76 bits per heavy atom. The van der Waals surface area contributed by atoms with Crippen LogP contribution in [0.15, 0.2) is 71.2 Å². The molecule has 0 fully saturated rings. The summed E-state index contributed by atoms with van der Waals surface area (Å²) in [4.78, 5) is 2.15. The minimum atomic E-state index is -0.0730. The summed E-state index contributed by atoms with van der Waals surface area (Å²) in [6, 6.07) is 8.89. The largest absolute Gasteiger partial charge is 0.497 e. The van der Waals surface area contributed by atoms with Gasteiger partial charge in [-0.1, -0.05) is 86.0 Å². The highest BCUT2D eigenvalue weighted by molar-refractivity contribution is 8.04. The summed E-state index contributed by atoms with van der Waals surface area (Å²) in [5.74, 6) is 3.34. The Morgan fingerprint density at radius 1 is 1.12 bits per heavy atom. The van der Waals surface area contributed by atoms with Crippen LogP contribution in [-0.4, -0.2) is 35.6 Å². The van der Waals surface area contributed by atoms with Gasteiger partial charge in [0.15, 0.2) is 0 Å². The SMILES string of the molecule is C=C(OC)C(=CCSC(=C)C(N)CSC(=C)C(C)c1ccc(CC(C)C)cc1)CC1=PC1C. The fourth-order valence-electron chi connectivity index (χ4n) is 3.39. The van der Waals surface area contributed by atoms with E-state index in [0.29, 0.717) is 17.5 Å². The van der Waals surface area contributed by atoms with Crippen LogP contribution in [0, 0.1) is 5.92 Å². The van der Waals surface area contributed by atoms with Gasteiger partial charge in [0.1, 0.15) is 5.76 Å². The first-order valence-corrected chi connectivity index (χ1v) is 14.5. The maximum atomic E-state index is 6.43. The monoisotopic (exact) mass is 501 g/mol. The van der Waals surface area contributed by atoms with E-state index in [9.17, 15) is 0 Å². The molecule has 3 unspecified atom stereocenters. The molecule has 1 heterocycles. The zero-order valence-corrected chi connectivity index (χ0v) is 23.4. The molecule has 0 saturated heterocycles. The first-order valence-electron chi connectivity index (χ1n) is 11.6. The van der Waals surface area contributed by atoms with Gasteiger partial charge >= 0.3 is 0 Å². The predicted octanol–water partition coefficient (Wildman–Crippen LogP) is 7.81. The minimum Gasteiger partial charge on any atom is -0.497 e. The van der Waals surface area contributed by atoms with Crippen molar-refractivity contribution >= 4 is 37.0 Å². The average molecular weight is 502 g/mol. The number of rotatable bonds is 15. The predicted molar refractivity (Wildman–Crippen MR) is 155 cm³/mol. The molecule has 2 rings (SSSR count). The van der Waals surface area contributed by atoms with Crippen molar-refractivity contribution in [1.82, 2.24) is 0 Å². The van der Waals surface area contributed by atoms with Gasteiger partial charge in [-0.05, 0) is 44.1 Å². The molecule has 0 aliphatic carbocycles. The molecular formula is C28H40NOPS2. The lowest BCUT2D eigenvalue weighted by molar-refractivity contribution is 0.302. The number of thioether (sulfide) groups is 2. The van der Waals surface area contributed by atoms with Crippen molar-refractivity contribution in [2.75, 3.05) is 18.6 Å². The first-order chi connectivity index (χ1) is 15.6. The number of allylic oxidation sites excluding steroid dienone is 2. The highest BCUT2D eigenvalue weighted by atomic mass is 32.2. The van der Waals surface area contributed by atoms with Crippen molar-refractivity contribution in [2.24, 2.45) is 11.7 Å². The van der Waals surface area contributed by atoms with Crippen molar-refractivity contribution in [3.63, 3.8) is 0 Å². The molecule has 0 spiro atoms. The molecule has 0 amide bonds. The fourth-order valence-corrected chi connectivity index (χ4v) is 6.04. The lowest BCUT2D eigenvalue weighted by atomic mass is 9.97. The average Bonchev–Trinajstić information content (AvgIpc) is 3.49. The van der Waals surface area contributed by atoms with Gasteiger partial charge in [-0.3, -0.25) is 0 Å². The van der Waals surface area contributed by atoms with Crippen LogP contribution in [0.1, 0.15) is 51.2 Å². The van der Waals surface area contributed by atoms with E-state index in [0.717, 1.165) is 39.9 Å². The lowest BCUT2D eigenvalue weighted by Crippen LogP contribution is -2.24. The fraction of sp³-hybridized carbons (Fsp3) is 0.464. The zero-order chi connectivity index (χ0) is 24.5. The van der Waals surface area contributed by atoms with Crippen LogP contribution in [0.3, 0.4) is 0 Å². The zero-order valence-electron chi connectivity index (χ0n) is 20.9. The summed E-state index contributed by atoms with van der Waals surface area (Å²) < 4.78 is 5.38.